The first kappa shape index (κ1) is 19.1. The van der Waals surface area contributed by atoms with Crippen LogP contribution in [0.1, 0.15) is 24.1 Å². The number of hydrogen-bond donors (Lipinski definition) is 1. The molecule has 0 bridgehead atoms. The number of piperidine rings is 1. The van der Waals surface area contributed by atoms with E-state index >= 15 is 0 Å². The lowest BCUT2D eigenvalue weighted by atomic mass is 9.97. The number of aromatic nitrogens is 4. The summed E-state index contributed by atoms with van der Waals surface area (Å²) in [5.41, 5.74) is 8.42. The van der Waals surface area contributed by atoms with Gasteiger partial charge in [-0.1, -0.05) is 0 Å². The van der Waals surface area contributed by atoms with Crippen LogP contribution in [0.4, 0.5) is 11.6 Å². The van der Waals surface area contributed by atoms with E-state index in [1.165, 1.54) is 11.3 Å². The Morgan fingerprint density at radius 3 is 2.11 bits per heavy atom. The van der Waals surface area contributed by atoms with E-state index in [1.807, 2.05) is 30.3 Å². The van der Waals surface area contributed by atoms with Crippen molar-refractivity contribution < 1.29 is 0 Å². The van der Waals surface area contributed by atoms with Gasteiger partial charge in [0.15, 0.2) is 11.6 Å². The second-order valence-corrected chi connectivity index (χ2v) is 8.01. The van der Waals surface area contributed by atoms with Crippen molar-refractivity contribution in [3.05, 3.63) is 29.8 Å². The SMILES string of the molecule is Cc1c(CN2CCN(c3nccnc3N3CCC(CN)CC3)CC2)cnn1C. The molecule has 4 rings (SSSR count). The van der Waals surface area contributed by atoms with E-state index in [9.17, 15) is 0 Å². The molecule has 0 atom stereocenters. The monoisotopic (exact) mass is 384 g/mol. The largest absolute Gasteiger partial charge is 0.354 e. The zero-order chi connectivity index (χ0) is 19.5. The summed E-state index contributed by atoms with van der Waals surface area (Å²) < 4.78 is 1.95. The summed E-state index contributed by atoms with van der Waals surface area (Å²) >= 11 is 0. The lowest BCUT2D eigenvalue weighted by Gasteiger charge is -2.38. The molecule has 0 amide bonds. The molecule has 4 heterocycles. The summed E-state index contributed by atoms with van der Waals surface area (Å²) in [5.74, 6) is 2.72. The van der Waals surface area contributed by atoms with Crippen LogP contribution in [0.15, 0.2) is 18.6 Å². The molecule has 2 aromatic rings. The van der Waals surface area contributed by atoms with Crippen LogP contribution in [0.3, 0.4) is 0 Å². The lowest BCUT2D eigenvalue weighted by Crippen LogP contribution is -2.47. The highest BCUT2D eigenvalue weighted by molar-refractivity contribution is 5.62. The van der Waals surface area contributed by atoms with Gasteiger partial charge in [0.25, 0.3) is 0 Å². The minimum Gasteiger partial charge on any atom is -0.354 e. The van der Waals surface area contributed by atoms with Gasteiger partial charge in [-0.15, -0.1) is 0 Å². The van der Waals surface area contributed by atoms with Crippen LogP contribution in [0, 0.1) is 12.8 Å². The zero-order valence-electron chi connectivity index (χ0n) is 17.1. The maximum absolute atomic E-state index is 5.85. The number of piperazine rings is 1. The average molecular weight is 385 g/mol. The fourth-order valence-corrected chi connectivity index (χ4v) is 4.21. The lowest BCUT2D eigenvalue weighted by molar-refractivity contribution is 0.248. The van der Waals surface area contributed by atoms with Crippen molar-refractivity contribution in [2.75, 3.05) is 55.6 Å². The second kappa shape index (κ2) is 8.45. The molecule has 2 fully saturated rings. The van der Waals surface area contributed by atoms with Crippen molar-refractivity contribution in [3.8, 4) is 0 Å². The van der Waals surface area contributed by atoms with Crippen molar-refractivity contribution >= 4 is 11.6 Å². The number of aryl methyl sites for hydroxylation is 1. The first-order chi connectivity index (χ1) is 13.7. The molecule has 2 saturated heterocycles. The van der Waals surface area contributed by atoms with Crippen LogP contribution in [0.2, 0.25) is 0 Å². The first-order valence-corrected chi connectivity index (χ1v) is 10.4. The van der Waals surface area contributed by atoms with Gasteiger partial charge in [-0.05, 0) is 32.2 Å². The smallest absolute Gasteiger partial charge is 0.172 e. The van der Waals surface area contributed by atoms with E-state index in [0.717, 1.165) is 76.8 Å². The van der Waals surface area contributed by atoms with Crippen molar-refractivity contribution in [2.24, 2.45) is 18.7 Å². The molecule has 152 valence electrons. The molecule has 0 aliphatic carbocycles. The quantitative estimate of drug-likeness (QED) is 0.824. The number of nitrogens with two attached hydrogens (primary N) is 1. The third-order valence-corrected chi connectivity index (χ3v) is 6.31. The molecule has 2 N–H and O–H groups in total. The Balaban J connectivity index is 1.39. The summed E-state index contributed by atoms with van der Waals surface area (Å²) in [6, 6.07) is 0. The molecule has 2 aromatic heterocycles. The molecule has 0 aromatic carbocycles. The minimum absolute atomic E-state index is 0.649. The van der Waals surface area contributed by atoms with Crippen LogP contribution < -0.4 is 15.5 Å². The Labute approximate surface area is 167 Å². The van der Waals surface area contributed by atoms with Crippen LogP contribution >= 0.6 is 0 Å². The van der Waals surface area contributed by atoms with Crippen LogP contribution in [-0.4, -0.2) is 70.5 Å². The molecule has 8 nitrogen and oxygen atoms in total. The van der Waals surface area contributed by atoms with Gasteiger partial charge in [-0.25, -0.2) is 9.97 Å². The molecule has 2 aliphatic rings. The predicted molar refractivity (Wildman–Crippen MR) is 111 cm³/mol. The Hall–Kier alpha value is -2.19. The standard InChI is InChI=1S/C20H32N8/c1-16-18(14-24-25(16)2)15-26-9-11-28(12-10-26)20-19(22-5-6-23-20)27-7-3-17(13-21)4-8-27/h5-6,14,17H,3-4,7-13,15,21H2,1-2H3. The van der Waals surface area contributed by atoms with Gasteiger partial charge >= 0.3 is 0 Å². The molecule has 8 heteroatoms. The molecule has 0 spiro atoms. The van der Waals surface area contributed by atoms with Gasteiger partial charge in [0, 0.05) is 76.5 Å². The third-order valence-electron chi connectivity index (χ3n) is 6.31. The van der Waals surface area contributed by atoms with Crippen molar-refractivity contribution in [3.63, 3.8) is 0 Å². The summed E-state index contributed by atoms with van der Waals surface area (Å²) in [7, 11) is 2.00. The summed E-state index contributed by atoms with van der Waals surface area (Å²) in [5, 5.41) is 4.37. The fraction of sp³-hybridized carbons (Fsp3) is 0.650. The Bertz CT molecular complexity index is 772. The van der Waals surface area contributed by atoms with E-state index in [4.69, 9.17) is 15.7 Å². The van der Waals surface area contributed by atoms with Gasteiger partial charge in [-0.3, -0.25) is 9.58 Å². The van der Waals surface area contributed by atoms with Gasteiger partial charge in [0.1, 0.15) is 0 Å². The Kier molecular flexibility index (Phi) is 5.77. The maximum atomic E-state index is 5.85. The van der Waals surface area contributed by atoms with E-state index < -0.39 is 0 Å². The van der Waals surface area contributed by atoms with Gasteiger partial charge in [0.05, 0.1) is 6.20 Å². The Morgan fingerprint density at radius 2 is 1.57 bits per heavy atom. The summed E-state index contributed by atoms with van der Waals surface area (Å²) in [6.45, 7) is 9.95. The average Bonchev–Trinajstić information content (AvgIpc) is 3.06. The van der Waals surface area contributed by atoms with Crippen molar-refractivity contribution in [2.45, 2.75) is 26.3 Å². The molecular formula is C20H32N8. The van der Waals surface area contributed by atoms with Crippen LogP contribution in [0.25, 0.3) is 0 Å². The summed E-state index contributed by atoms with van der Waals surface area (Å²) in [6.07, 6.45) is 7.91. The van der Waals surface area contributed by atoms with Gasteiger partial charge < -0.3 is 15.5 Å². The highest BCUT2D eigenvalue weighted by Gasteiger charge is 2.26. The summed E-state index contributed by atoms with van der Waals surface area (Å²) in [4.78, 5) is 16.7. The molecule has 2 aliphatic heterocycles. The predicted octanol–water partition coefficient (Wildman–Crippen LogP) is 1.02. The minimum atomic E-state index is 0.649. The van der Waals surface area contributed by atoms with E-state index in [-0.39, 0.29) is 0 Å². The normalized spacial score (nSPS) is 19.4. The maximum Gasteiger partial charge on any atom is 0.172 e. The number of nitrogens with zero attached hydrogens (tertiary/aromatic N) is 7. The highest BCUT2D eigenvalue weighted by Crippen LogP contribution is 2.29. The second-order valence-electron chi connectivity index (χ2n) is 8.01. The number of anilines is 2. The van der Waals surface area contributed by atoms with Gasteiger partial charge in [0.2, 0.25) is 0 Å². The van der Waals surface area contributed by atoms with E-state index in [2.05, 4.69) is 26.7 Å². The van der Waals surface area contributed by atoms with E-state index in [0.29, 0.717) is 5.92 Å². The van der Waals surface area contributed by atoms with Crippen molar-refractivity contribution in [1.29, 1.82) is 0 Å². The van der Waals surface area contributed by atoms with Crippen molar-refractivity contribution in [1.82, 2.24) is 24.6 Å². The molecule has 0 saturated carbocycles. The van der Waals surface area contributed by atoms with E-state index in [1.54, 1.807) is 0 Å². The topological polar surface area (TPSA) is 79.3 Å². The first-order valence-electron chi connectivity index (χ1n) is 10.4. The van der Waals surface area contributed by atoms with Crippen LogP contribution in [-0.2, 0) is 13.6 Å². The fourth-order valence-electron chi connectivity index (χ4n) is 4.21. The molecule has 0 radical (unpaired) electrons. The molecule has 0 unspecified atom stereocenters. The zero-order valence-corrected chi connectivity index (χ0v) is 17.1. The molecular weight excluding hydrogens is 352 g/mol. The van der Waals surface area contributed by atoms with Crippen LogP contribution in [0.5, 0.6) is 0 Å². The number of hydrogen-bond acceptors (Lipinski definition) is 7. The highest BCUT2D eigenvalue weighted by atomic mass is 15.3. The third kappa shape index (κ3) is 3.98. The van der Waals surface area contributed by atoms with Gasteiger partial charge in [-0.2, -0.15) is 5.10 Å². The molecule has 28 heavy (non-hydrogen) atoms. The number of rotatable bonds is 5. The Morgan fingerprint density at radius 1 is 0.964 bits per heavy atom.